The summed E-state index contributed by atoms with van der Waals surface area (Å²) in [6, 6.07) is 5.54. The van der Waals surface area contributed by atoms with E-state index in [1.54, 1.807) is 18.8 Å². The van der Waals surface area contributed by atoms with Crippen LogP contribution in [0.1, 0.15) is 6.42 Å². The Hall–Kier alpha value is -1.79. The largest absolute Gasteiger partial charge is 0.497 e. The van der Waals surface area contributed by atoms with Gasteiger partial charge in [-0.2, -0.15) is 0 Å². The van der Waals surface area contributed by atoms with Gasteiger partial charge in [0.05, 0.1) is 19.9 Å². The first-order chi connectivity index (χ1) is 9.71. The monoisotopic (exact) mass is 294 g/mol. The molecule has 0 amide bonds. The highest BCUT2D eigenvalue weighted by molar-refractivity contribution is 7.07. The van der Waals surface area contributed by atoms with Crippen LogP contribution >= 0.6 is 11.3 Å². The van der Waals surface area contributed by atoms with Gasteiger partial charge < -0.3 is 15.2 Å². The summed E-state index contributed by atoms with van der Waals surface area (Å²) >= 11 is 1.18. The number of thiazole rings is 1. The van der Waals surface area contributed by atoms with E-state index in [0.29, 0.717) is 18.8 Å². The fourth-order valence-electron chi connectivity index (χ4n) is 2.02. The van der Waals surface area contributed by atoms with E-state index in [-0.39, 0.29) is 4.87 Å². The molecular formula is C14H18N2O3S. The summed E-state index contributed by atoms with van der Waals surface area (Å²) < 4.78 is 12.4. The molecule has 0 radical (unpaired) electrons. The minimum atomic E-state index is 0.0123. The third-order valence-corrected chi connectivity index (χ3v) is 3.81. The smallest absolute Gasteiger partial charge is 0.307 e. The van der Waals surface area contributed by atoms with Crippen LogP contribution in [0.3, 0.4) is 0 Å². The average molecular weight is 294 g/mol. The Morgan fingerprint density at radius 1 is 1.30 bits per heavy atom. The zero-order chi connectivity index (χ0) is 14.5. The lowest BCUT2D eigenvalue weighted by Gasteiger charge is -2.12. The van der Waals surface area contributed by atoms with Crippen LogP contribution in [0.5, 0.6) is 11.5 Å². The molecule has 6 heteroatoms. The highest BCUT2D eigenvalue weighted by Crippen LogP contribution is 2.33. The van der Waals surface area contributed by atoms with Crippen LogP contribution in [0.15, 0.2) is 28.4 Å². The quantitative estimate of drug-likeness (QED) is 0.884. The maximum Gasteiger partial charge on any atom is 0.307 e. The minimum Gasteiger partial charge on any atom is -0.497 e. The molecule has 1 aromatic carbocycles. The van der Waals surface area contributed by atoms with Gasteiger partial charge in [-0.25, -0.2) is 0 Å². The van der Waals surface area contributed by atoms with Gasteiger partial charge in [-0.1, -0.05) is 11.3 Å². The molecule has 0 aliphatic rings. The topological polar surface area (TPSA) is 66.5 Å². The van der Waals surface area contributed by atoms with Gasteiger partial charge in [-0.3, -0.25) is 9.36 Å². The first kappa shape index (κ1) is 14.6. The van der Waals surface area contributed by atoms with Crippen LogP contribution in [0.25, 0.3) is 11.3 Å². The summed E-state index contributed by atoms with van der Waals surface area (Å²) in [7, 11) is 3.22. The van der Waals surface area contributed by atoms with E-state index in [0.717, 1.165) is 23.4 Å². The number of methoxy groups -OCH3 is 2. The molecule has 108 valence electrons. The molecule has 5 nitrogen and oxygen atoms in total. The van der Waals surface area contributed by atoms with Crippen molar-refractivity contribution in [3.05, 3.63) is 33.2 Å². The molecule has 1 aromatic heterocycles. The zero-order valence-corrected chi connectivity index (χ0v) is 12.4. The van der Waals surface area contributed by atoms with E-state index in [4.69, 9.17) is 15.2 Å². The number of rotatable bonds is 6. The minimum absolute atomic E-state index is 0.0123. The van der Waals surface area contributed by atoms with E-state index in [1.807, 2.05) is 23.6 Å². The Labute approximate surface area is 121 Å². The van der Waals surface area contributed by atoms with Crippen LogP contribution in [0, 0.1) is 0 Å². The fraction of sp³-hybridized carbons (Fsp3) is 0.357. The van der Waals surface area contributed by atoms with Gasteiger partial charge in [0.1, 0.15) is 11.5 Å². The van der Waals surface area contributed by atoms with Crippen molar-refractivity contribution in [3.63, 3.8) is 0 Å². The van der Waals surface area contributed by atoms with Crippen molar-refractivity contribution in [1.82, 2.24) is 4.57 Å². The number of nitrogens with two attached hydrogens (primary N) is 1. The van der Waals surface area contributed by atoms with Crippen molar-refractivity contribution in [2.45, 2.75) is 13.0 Å². The summed E-state index contributed by atoms with van der Waals surface area (Å²) in [6.45, 7) is 1.16. The third kappa shape index (κ3) is 2.86. The number of ether oxygens (including phenoxy) is 2. The predicted molar refractivity (Wildman–Crippen MR) is 80.8 cm³/mol. The molecule has 2 aromatic rings. The van der Waals surface area contributed by atoms with Crippen molar-refractivity contribution < 1.29 is 9.47 Å². The molecule has 0 unspecified atom stereocenters. The molecule has 1 heterocycles. The highest BCUT2D eigenvalue weighted by Gasteiger charge is 2.14. The number of hydrogen-bond acceptors (Lipinski definition) is 5. The van der Waals surface area contributed by atoms with Gasteiger partial charge >= 0.3 is 4.87 Å². The maximum absolute atomic E-state index is 11.9. The second-order valence-corrected chi connectivity index (χ2v) is 5.07. The second-order valence-electron chi connectivity index (χ2n) is 4.25. The molecule has 2 N–H and O–H groups in total. The molecule has 0 aliphatic carbocycles. The van der Waals surface area contributed by atoms with Crippen LogP contribution in [-0.4, -0.2) is 25.3 Å². The Bertz CT molecular complexity index is 634. The number of nitrogens with zero attached hydrogens (tertiary/aromatic N) is 1. The molecule has 2 rings (SSSR count). The van der Waals surface area contributed by atoms with Crippen molar-refractivity contribution in [2.75, 3.05) is 20.8 Å². The molecular weight excluding hydrogens is 276 g/mol. The highest BCUT2D eigenvalue weighted by atomic mass is 32.1. The van der Waals surface area contributed by atoms with E-state index in [1.165, 1.54) is 11.3 Å². The molecule has 0 aliphatic heterocycles. The molecule has 0 bridgehead atoms. The van der Waals surface area contributed by atoms with Gasteiger partial charge in [0.2, 0.25) is 0 Å². The molecule has 0 saturated heterocycles. The molecule has 0 atom stereocenters. The number of aromatic nitrogens is 1. The van der Waals surface area contributed by atoms with Crippen molar-refractivity contribution in [2.24, 2.45) is 5.73 Å². The lowest BCUT2D eigenvalue weighted by atomic mass is 10.1. The average Bonchev–Trinajstić information content (AvgIpc) is 2.85. The van der Waals surface area contributed by atoms with Gasteiger partial charge in [0.25, 0.3) is 0 Å². The second kappa shape index (κ2) is 6.58. The van der Waals surface area contributed by atoms with Gasteiger partial charge in [-0.15, -0.1) is 0 Å². The SMILES string of the molecule is COc1ccc(OC)c(-c2csc(=O)n2CCCN)c1. The normalized spacial score (nSPS) is 10.6. The van der Waals surface area contributed by atoms with Gasteiger partial charge in [-0.05, 0) is 31.2 Å². The van der Waals surface area contributed by atoms with Crippen LogP contribution in [-0.2, 0) is 6.54 Å². The fourth-order valence-corrected chi connectivity index (χ4v) is 2.80. The van der Waals surface area contributed by atoms with Gasteiger partial charge in [0.15, 0.2) is 0 Å². The molecule has 0 fully saturated rings. The van der Waals surface area contributed by atoms with Crippen molar-refractivity contribution >= 4 is 11.3 Å². The zero-order valence-electron chi connectivity index (χ0n) is 11.6. The summed E-state index contributed by atoms with van der Waals surface area (Å²) in [5.74, 6) is 1.44. The van der Waals surface area contributed by atoms with E-state index >= 15 is 0 Å². The summed E-state index contributed by atoms with van der Waals surface area (Å²) in [5.41, 5.74) is 7.22. The van der Waals surface area contributed by atoms with E-state index < -0.39 is 0 Å². The molecule has 0 spiro atoms. The van der Waals surface area contributed by atoms with Gasteiger partial charge in [0, 0.05) is 17.5 Å². The van der Waals surface area contributed by atoms with E-state index in [2.05, 4.69) is 0 Å². The van der Waals surface area contributed by atoms with Crippen LogP contribution in [0.2, 0.25) is 0 Å². The first-order valence-electron chi connectivity index (χ1n) is 6.32. The van der Waals surface area contributed by atoms with Crippen molar-refractivity contribution in [1.29, 1.82) is 0 Å². The Kier molecular flexibility index (Phi) is 4.81. The lowest BCUT2D eigenvalue weighted by Crippen LogP contribution is -2.16. The molecule has 0 saturated carbocycles. The Balaban J connectivity index is 2.52. The molecule has 20 heavy (non-hydrogen) atoms. The third-order valence-electron chi connectivity index (χ3n) is 3.05. The summed E-state index contributed by atoms with van der Waals surface area (Å²) in [5, 5.41) is 1.84. The number of hydrogen-bond donors (Lipinski definition) is 1. The Morgan fingerprint density at radius 3 is 2.75 bits per heavy atom. The number of benzene rings is 1. The standard InChI is InChI=1S/C14H18N2O3S/c1-18-10-4-5-13(19-2)11(8-10)12-9-20-14(17)16(12)7-3-6-15/h4-5,8-9H,3,6-7,15H2,1-2H3. The summed E-state index contributed by atoms with van der Waals surface area (Å²) in [6.07, 6.45) is 0.760. The van der Waals surface area contributed by atoms with Crippen molar-refractivity contribution in [3.8, 4) is 22.8 Å². The van der Waals surface area contributed by atoms with Crippen LogP contribution < -0.4 is 20.1 Å². The lowest BCUT2D eigenvalue weighted by molar-refractivity contribution is 0.404. The maximum atomic E-state index is 11.9. The van der Waals surface area contributed by atoms with E-state index in [9.17, 15) is 4.79 Å². The first-order valence-corrected chi connectivity index (χ1v) is 7.20. The van der Waals surface area contributed by atoms with Crippen LogP contribution in [0.4, 0.5) is 0 Å². The Morgan fingerprint density at radius 2 is 2.10 bits per heavy atom. The predicted octanol–water partition coefficient (Wildman–Crippen LogP) is 1.94. The summed E-state index contributed by atoms with van der Waals surface area (Å²) in [4.78, 5) is 12.0.